The smallest absolute Gasteiger partial charge is 0.287 e. The number of halogens is 1. The van der Waals surface area contributed by atoms with E-state index in [9.17, 15) is 4.79 Å². The van der Waals surface area contributed by atoms with Gasteiger partial charge in [0, 0.05) is 13.1 Å². The van der Waals surface area contributed by atoms with Gasteiger partial charge in [-0.3, -0.25) is 4.79 Å². The van der Waals surface area contributed by atoms with Crippen molar-refractivity contribution in [3.8, 4) is 0 Å². The van der Waals surface area contributed by atoms with Crippen molar-refractivity contribution in [1.82, 2.24) is 20.0 Å². The van der Waals surface area contributed by atoms with Crippen LogP contribution in [0.2, 0.25) is 5.02 Å². The van der Waals surface area contributed by atoms with Crippen LogP contribution >= 0.6 is 11.6 Å². The SMILES string of the molecule is CN(C)CCn1ncc(NCC2CCNCC2)c(Cl)c1=O. The van der Waals surface area contributed by atoms with Crippen LogP contribution in [0.5, 0.6) is 0 Å². The molecule has 1 aromatic rings. The highest BCUT2D eigenvalue weighted by Gasteiger charge is 2.14. The van der Waals surface area contributed by atoms with Crippen molar-refractivity contribution in [2.24, 2.45) is 5.92 Å². The Morgan fingerprint density at radius 1 is 1.48 bits per heavy atom. The largest absolute Gasteiger partial charge is 0.382 e. The molecule has 1 saturated heterocycles. The van der Waals surface area contributed by atoms with Crippen molar-refractivity contribution >= 4 is 17.3 Å². The Labute approximate surface area is 130 Å². The first kappa shape index (κ1) is 16.3. The van der Waals surface area contributed by atoms with Crippen LogP contribution in [-0.4, -0.2) is 55.0 Å². The Morgan fingerprint density at radius 2 is 2.19 bits per heavy atom. The van der Waals surface area contributed by atoms with Crippen molar-refractivity contribution in [3.05, 3.63) is 21.6 Å². The van der Waals surface area contributed by atoms with E-state index in [1.165, 1.54) is 4.68 Å². The standard InChI is InChI=1S/C14H24ClN5O/c1-19(2)7-8-20-14(21)13(15)12(10-18-20)17-9-11-3-5-16-6-4-11/h10-11,16-17H,3-9H2,1-2H3. The Hall–Kier alpha value is -1.11. The maximum Gasteiger partial charge on any atom is 0.287 e. The maximum atomic E-state index is 12.2. The summed E-state index contributed by atoms with van der Waals surface area (Å²) < 4.78 is 1.41. The van der Waals surface area contributed by atoms with Gasteiger partial charge in [-0.1, -0.05) is 11.6 Å². The van der Waals surface area contributed by atoms with Gasteiger partial charge in [-0.2, -0.15) is 5.10 Å². The lowest BCUT2D eigenvalue weighted by atomic mass is 9.98. The fraction of sp³-hybridized carbons (Fsp3) is 0.714. The summed E-state index contributed by atoms with van der Waals surface area (Å²) in [6, 6.07) is 0. The molecule has 118 valence electrons. The highest BCUT2D eigenvalue weighted by molar-refractivity contribution is 6.32. The number of likely N-dealkylation sites (N-methyl/N-ethyl adjacent to an activating group) is 1. The van der Waals surface area contributed by atoms with Crippen LogP contribution in [0.3, 0.4) is 0 Å². The molecular formula is C14H24ClN5O. The first-order valence-electron chi connectivity index (χ1n) is 7.43. The van der Waals surface area contributed by atoms with E-state index in [4.69, 9.17) is 11.6 Å². The molecule has 0 unspecified atom stereocenters. The van der Waals surface area contributed by atoms with Crippen LogP contribution in [0.25, 0.3) is 0 Å². The molecule has 1 aliphatic rings. The quantitative estimate of drug-likeness (QED) is 0.816. The molecular weight excluding hydrogens is 290 g/mol. The summed E-state index contributed by atoms with van der Waals surface area (Å²) in [4.78, 5) is 14.2. The number of piperidine rings is 1. The maximum absolute atomic E-state index is 12.2. The van der Waals surface area contributed by atoms with Crippen molar-refractivity contribution in [2.45, 2.75) is 19.4 Å². The first-order chi connectivity index (χ1) is 10.1. The minimum atomic E-state index is -0.228. The molecule has 0 aliphatic carbocycles. The monoisotopic (exact) mass is 313 g/mol. The van der Waals surface area contributed by atoms with Crippen LogP contribution in [0.15, 0.2) is 11.0 Å². The molecule has 1 aromatic heterocycles. The van der Waals surface area contributed by atoms with Gasteiger partial charge in [0.05, 0.1) is 18.4 Å². The van der Waals surface area contributed by atoms with Crippen LogP contribution < -0.4 is 16.2 Å². The molecule has 0 spiro atoms. The van der Waals surface area contributed by atoms with Gasteiger partial charge < -0.3 is 15.5 Å². The molecule has 1 fully saturated rings. The van der Waals surface area contributed by atoms with Gasteiger partial charge in [0.15, 0.2) is 0 Å². The second-order valence-electron chi connectivity index (χ2n) is 5.78. The van der Waals surface area contributed by atoms with Gasteiger partial charge in [0.25, 0.3) is 5.56 Å². The molecule has 2 rings (SSSR count). The van der Waals surface area contributed by atoms with Gasteiger partial charge in [0.1, 0.15) is 5.02 Å². The average Bonchev–Trinajstić information content (AvgIpc) is 2.48. The number of rotatable bonds is 6. The van der Waals surface area contributed by atoms with E-state index >= 15 is 0 Å². The van der Waals surface area contributed by atoms with Crippen LogP contribution in [0.1, 0.15) is 12.8 Å². The van der Waals surface area contributed by atoms with E-state index in [0.29, 0.717) is 18.2 Å². The molecule has 2 N–H and O–H groups in total. The number of anilines is 1. The number of hydrogen-bond acceptors (Lipinski definition) is 5. The van der Waals surface area contributed by atoms with Gasteiger partial charge in [-0.05, 0) is 45.9 Å². The predicted molar refractivity (Wildman–Crippen MR) is 86.1 cm³/mol. The minimum Gasteiger partial charge on any atom is -0.382 e. The highest BCUT2D eigenvalue weighted by atomic mass is 35.5. The number of nitrogens with zero attached hydrogens (tertiary/aromatic N) is 3. The Balaban J connectivity index is 1.97. The molecule has 0 radical (unpaired) electrons. The lowest BCUT2D eigenvalue weighted by molar-refractivity contribution is 0.367. The van der Waals surface area contributed by atoms with E-state index < -0.39 is 0 Å². The van der Waals surface area contributed by atoms with E-state index in [-0.39, 0.29) is 10.6 Å². The summed E-state index contributed by atoms with van der Waals surface area (Å²) in [5.74, 6) is 0.624. The lowest BCUT2D eigenvalue weighted by Crippen LogP contribution is -2.32. The second-order valence-corrected chi connectivity index (χ2v) is 6.16. The molecule has 0 atom stereocenters. The lowest BCUT2D eigenvalue weighted by Gasteiger charge is -2.23. The van der Waals surface area contributed by atoms with Crippen molar-refractivity contribution in [1.29, 1.82) is 0 Å². The molecule has 0 bridgehead atoms. The molecule has 1 aliphatic heterocycles. The third-order valence-corrected chi connectivity index (χ3v) is 4.15. The molecule has 7 heteroatoms. The summed E-state index contributed by atoms with van der Waals surface area (Å²) >= 11 is 6.17. The van der Waals surface area contributed by atoms with E-state index in [2.05, 4.69) is 15.7 Å². The van der Waals surface area contributed by atoms with Crippen LogP contribution in [0.4, 0.5) is 5.69 Å². The molecule has 0 aromatic carbocycles. The van der Waals surface area contributed by atoms with Gasteiger partial charge in [-0.25, -0.2) is 4.68 Å². The van der Waals surface area contributed by atoms with Crippen LogP contribution in [0, 0.1) is 5.92 Å². The fourth-order valence-electron chi connectivity index (χ4n) is 2.38. The summed E-state index contributed by atoms with van der Waals surface area (Å²) in [6.45, 7) is 4.25. The van der Waals surface area contributed by atoms with Gasteiger partial charge >= 0.3 is 0 Å². The molecule has 2 heterocycles. The zero-order valence-corrected chi connectivity index (χ0v) is 13.5. The van der Waals surface area contributed by atoms with E-state index in [0.717, 1.165) is 39.0 Å². The normalized spacial score (nSPS) is 16.4. The fourth-order valence-corrected chi connectivity index (χ4v) is 2.60. The molecule has 0 saturated carbocycles. The third kappa shape index (κ3) is 4.69. The zero-order valence-electron chi connectivity index (χ0n) is 12.7. The first-order valence-corrected chi connectivity index (χ1v) is 7.80. The van der Waals surface area contributed by atoms with Gasteiger partial charge in [0.2, 0.25) is 0 Å². The second kappa shape index (κ2) is 7.77. The number of hydrogen-bond donors (Lipinski definition) is 2. The van der Waals surface area contributed by atoms with Gasteiger partial charge in [-0.15, -0.1) is 0 Å². The minimum absolute atomic E-state index is 0.228. The van der Waals surface area contributed by atoms with Crippen molar-refractivity contribution in [3.63, 3.8) is 0 Å². The van der Waals surface area contributed by atoms with E-state index in [1.807, 2.05) is 19.0 Å². The van der Waals surface area contributed by atoms with Crippen molar-refractivity contribution in [2.75, 3.05) is 45.6 Å². The summed E-state index contributed by atoms with van der Waals surface area (Å²) in [5.41, 5.74) is 0.412. The zero-order chi connectivity index (χ0) is 15.2. The number of nitrogens with one attached hydrogen (secondary N) is 2. The Morgan fingerprint density at radius 3 is 2.86 bits per heavy atom. The van der Waals surface area contributed by atoms with Crippen LogP contribution in [-0.2, 0) is 6.54 Å². The third-order valence-electron chi connectivity index (χ3n) is 3.78. The molecule has 6 nitrogen and oxygen atoms in total. The molecule has 21 heavy (non-hydrogen) atoms. The number of aromatic nitrogens is 2. The Kier molecular flexibility index (Phi) is 6.02. The summed E-state index contributed by atoms with van der Waals surface area (Å²) in [5, 5.41) is 11.0. The van der Waals surface area contributed by atoms with E-state index in [1.54, 1.807) is 6.20 Å². The topological polar surface area (TPSA) is 62.2 Å². The summed E-state index contributed by atoms with van der Waals surface area (Å²) in [6.07, 6.45) is 3.95. The highest BCUT2D eigenvalue weighted by Crippen LogP contribution is 2.18. The average molecular weight is 314 g/mol. The molecule has 0 amide bonds. The predicted octanol–water partition coefficient (Wildman–Crippen LogP) is 0.870. The Bertz CT molecular complexity index is 511. The summed E-state index contributed by atoms with van der Waals surface area (Å²) in [7, 11) is 3.92. The van der Waals surface area contributed by atoms with Crippen molar-refractivity contribution < 1.29 is 0 Å².